The number of fused-ring (bicyclic) bond motifs is 2. The van der Waals surface area contributed by atoms with Crippen LogP contribution in [0, 0.1) is 5.82 Å². The van der Waals surface area contributed by atoms with Gasteiger partial charge in [-0.1, -0.05) is 52.3 Å². The number of alkyl halides is 2. The van der Waals surface area contributed by atoms with Gasteiger partial charge in [-0.05, 0) is 71.8 Å². The van der Waals surface area contributed by atoms with E-state index in [9.17, 15) is 23.6 Å². The summed E-state index contributed by atoms with van der Waals surface area (Å²) < 4.78 is 33.6. The lowest BCUT2D eigenvalue weighted by Gasteiger charge is -2.05. The average molecular weight is 692 g/mol. The lowest BCUT2D eigenvalue weighted by atomic mass is 10.1. The first-order valence-corrected chi connectivity index (χ1v) is 14.9. The highest BCUT2D eigenvalue weighted by atomic mass is 79.9. The fourth-order valence-corrected chi connectivity index (χ4v) is 4.65. The molecule has 11 heteroatoms. The van der Waals surface area contributed by atoms with E-state index >= 15 is 0 Å². The quantitative estimate of drug-likeness (QED) is 0.0753. The number of esters is 2. The molecule has 0 radical (unpaired) electrons. The topological polar surface area (TPSA) is 113 Å². The normalized spacial score (nSPS) is 10.6. The predicted octanol–water partition coefficient (Wildman–Crippen LogP) is 7.80. The molecule has 2 aromatic heterocycles. The van der Waals surface area contributed by atoms with Crippen molar-refractivity contribution in [3.05, 3.63) is 152 Å². The van der Waals surface area contributed by atoms with E-state index in [0.29, 0.717) is 38.9 Å². The second-order valence-electron chi connectivity index (χ2n) is 9.46. The van der Waals surface area contributed by atoms with Crippen LogP contribution in [0.3, 0.4) is 0 Å². The van der Waals surface area contributed by atoms with E-state index in [-0.39, 0.29) is 16.9 Å². The number of benzene rings is 4. The number of hydrogen-bond acceptors (Lipinski definition) is 8. The second-order valence-corrected chi connectivity index (χ2v) is 10.3. The zero-order valence-electron chi connectivity index (χ0n) is 23.1. The van der Waals surface area contributed by atoms with Gasteiger partial charge in [-0.15, -0.1) is 11.6 Å². The molecule has 8 nitrogen and oxygen atoms in total. The highest BCUT2D eigenvalue weighted by molar-refractivity contribution is 9.08. The van der Waals surface area contributed by atoms with Crippen LogP contribution >= 0.6 is 27.5 Å². The Morgan fingerprint density at radius 3 is 1.76 bits per heavy atom. The molecule has 45 heavy (non-hydrogen) atoms. The first-order chi connectivity index (χ1) is 21.7. The number of ether oxygens (including phenoxy) is 2. The molecule has 4 aromatic carbocycles. The molecule has 0 aliphatic carbocycles. The SMILES string of the molecule is O=C(Oc1cccc(F)c1)c1cc2cc(CBr)ccc2oc1=O.O=C(Oc1ccccc1)c1cc2cc(CCl)ccc2oc1=O. The second kappa shape index (κ2) is 14.1. The maximum absolute atomic E-state index is 13.1. The Labute approximate surface area is 267 Å². The number of para-hydroxylation sites is 1. The van der Waals surface area contributed by atoms with Crippen LogP contribution in [0.15, 0.2) is 122 Å². The molecule has 0 fully saturated rings. The van der Waals surface area contributed by atoms with Crippen molar-refractivity contribution in [3.8, 4) is 11.5 Å². The van der Waals surface area contributed by atoms with Crippen LogP contribution in [0.25, 0.3) is 21.9 Å². The van der Waals surface area contributed by atoms with E-state index in [1.807, 2.05) is 6.07 Å². The first-order valence-electron chi connectivity index (χ1n) is 13.2. The smallest absolute Gasteiger partial charge is 0.351 e. The van der Waals surface area contributed by atoms with Crippen LogP contribution < -0.4 is 20.7 Å². The minimum atomic E-state index is -0.893. The Hall–Kier alpha value is -5.06. The summed E-state index contributed by atoms with van der Waals surface area (Å²) in [5.74, 6) is -1.47. The van der Waals surface area contributed by atoms with Gasteiger partial charge in [0, 0.05) is 28.0 Å². The molecular weight excluding hydrogens is 671 g/mol. The maximum Gasteiger partial charge on any atom is 0.351 e. The van der Waals surface area contributed by atoms with Crippen molar-refractivity contribution in [2.75, 3.05) is 0 Å². The summed E-state index contributed by atoms with van der Waals surface area (Å²) in [6.07, 6.45) is 0. The van der Waals surface area contributed by atoms with Gasteiger partial charge in [-0.25, -0.2) is 23.6 Å². The van der Waals surface area contributed by atoms with Gasteiger partial charge >= 0.3 is 23.2 Å². The van der Waals surface area contributed by atoms with Crippen molar-refractivity contribution >= 4 is 61.4 Å². The molecule has 6 aromatic rings. The lowest BCUT2D eigenvalue weighted by molar-refractivity contribution is 0.0720. The zero-order valence-corrected chi connectivity index (χ0v) is 25.5. The molecule has 0 saturated heterocycles. The molecule has 0 spiro atoms. The number of rotatable bonds is 6. The lowest BCUT2D eigenvalue weighted by Crippen LogP contribution is -2.18. The van der Waals surface area contributed by atoms with E-state index in [0.717, 1.165) is 17.2 Å². The molecule has 0 bridgehead atoms. The van der Waals surface area contributed by atoms with Crippen molar-refractivity contribution < 1.29 is 32.3 Å². The first kappa shape index (κ1) is 31.4. The fraction of sp³-hybridized carbons (Fsp3) is 0.0588. The third-order valence-electron chi connectivity index (χ3n) is 6.30. The van der Waals surface area contributed by atoms with Gasteiger partial charge in [0.05, 0.1) is 0 Å². The molecule has 0 aliphatic rings. The molecule has 0 N–H and O–H groups in total. The van der Waals surface area contributed by atoms with E-state index in [2.05, 4.69) is 15.9 Å². The molecule has 2 heterocycles. The summed E-state index contributed by atoms with van der Waals surface area (Å²) in [6, 6.07) is 27.0. The molecule has 226 valence electrons. The van der Waals surface area contributed by atoms with Crippen LogP contribution in [0.4, 0.5) is 4.39 Å². The van der Waals surface area contributed by atoms with Gasteiger partial charge in [0.1, 0.15) is 39.6 Å². The monoisotopic (exact) mass is 690 g/mol. The standard InChI is InChI=1S/C17H10BrFO4.C17H11ClO4/c18-9-10-4-5-15-11(6-10)7-14(17(21)23-15)16(20)22-13-3-1-2-12(19)8-13;18-10-11-6-7-15-12(8-11)9-14(17(20)22-15)16(19)21-13-4-2-1-3-5-13/h1-8H,9H2;1-9H,10H2. The van der Waals surface area contributed by atoms with Gasteiger partial charge in [-0.3, -0.25) is 0 Å². The van der Waals surface area contributed by atoms with Gasteiger partial charge in [0.15, 0.2) is 0 Å². The summed E-state index contributed by atoms with van der Waals surface area (Å²) in [4.78, 5) is 48.1. The Bertz CT molecular complexity index is 2140. The molecule has 0 atom stereocenters. The Kier molecular flexibility index (Phi) is 9.86. The number of carbonyl (C=O) groups excluding carboxylic acids is 2. The van der Waals surface area contributed by atoms with E-state index in [4.69, 9.17) is 29.9 Å². The van der Waals surface area contributed by atoms with Crippen LogP contribution in [0.2, 0.25) is 0 Å². The Morgan fingerprint density at radius 2 is 1.20 bits per heavy atom. The van der Waals surface area contributed by atoms with Crippen molar-refractivity contribution in [3.63, 3.8) is 0 Å². The third kappa shape index (κ3) is 7.72. The summed E-state index contributed by atoms with van der Waals surface area (Å²) >= 11 is 9.12. The third-order valence-corrected chi connectivity index (χ3v) is 7.26. The Morgan fingerprint density at radius 1 is 0.667 bits per heavy atom. The highest BCUT2D eigenvalue weighted by Crippen LogP contribution is 2.20. The van der Waals surface area contributed by atoms with Crippen molar-refractivity contribution in [1.29, 1.82) is 0 Å². The highest BCUT2D eigenvalue weighted by Gasteiger charge is 2.18. The van der Waals surface area contributed by atoms with Gasteiger partial charge < -0.3 is 18.3 Å². The largest absolute Gasteiger partial charge is 0.423 e. The van der Waals surface area contributed by atoms with E-state index in [1.165, 1.54) is 30.3 Å². The number of halogens is 3. The summed E-state index contributed by atoms with van der Waals surface area (Å²) in [5, 5.41) is 1.86. The van der Waals surface area contributed by atoms with Gasteiger partial charge in [-0.2, -0.15) is 0 Å². The summed E-state index contributed by atoms with van der Waals surface area (Å²) in [7, 11) is 0. The molecule has 6 rings (SSSR count). The molecule has 0 aliphatic heterocycles. The van der Waals surface area contributed by atoms with Crippen LogP contribution in [0.1, 0.15) is 31.8 Å². The van der Waals surface area contributed by atoms with Crippen LogP contribution in [-0.4, -0.2) is 11.9 Å². The van der Waals surface area contributed by atoms with Crippen LogP contribution in [0.5, 0.6) is 11.5 Å². The van der Waals surface area contributed by atoms with E-state index in [1.54, 1.807) is 60.7 Å². The molecular formula is C34H21BrClFO8. The van der Waals surface area contributed by atoms with Crippen molar-refractivity contribution in [2.45, 2.75) is 11.2 Å². The van der Waals surface area contributed by atoms with Crippen molar-refractivity contribution in [2.24, 2.45) is 0 Å². The number of carbonyl (C=O) groups is 2. The predicted molar refractivity (Wildman–Crippen MR) is 170 cm³/mol. The zero-order chi connectivity index (χ0) is 31.9. The minimum Gasteiger partial charge on any atom is -0.423 e. The summed E-state index contributed by atoms with van der Waals surface area (Å²) in [6.45, 7) is 0. The molecule has 0 saturated carbocycles. The maximum atomic E-state index is 13.1. The average Bonchev–Trinajstić information content (AvgIpc) is 3.04. The van der Waals surface area contributed by atoms with E-state index < -0.39 is 29.0 Å². The van der Waals surface area contributed by atoms with Gasteiger partial charge in [0.2, 0.25) is 0 Å². The number of hydrogen-bond donors (Lipinski definition) is 0. The van der Waals surface area contributed by atoms with Crippen molar-refractivity contribution in [1.82, 2.24) is 0 Å². The van der Waals surface area contributed by atoms with Crippen LogP contribution in [-0.2, 0) is 11.2 Å². The molecule has 0 unspecified atom stereocenters. The van der Waals surface area contributed by atoms with Gasteiger partial charge in [0.25, 0.3) is 0 Å². The molecule has 0 amide bonds. The minimum absolute atomic E-state index is 0.0173. The summed E-state index contributed by atoms with van der Waals surface area (Å²) in [5.41, 5.74) is 0.687. The Balaban J connectivity index is 0.000000178. The fourth-order valence-electron chi connectivity index (χ4n) is 4.14.